The first-order valence-electron chi connectivity index (χ1n) is 4.45. The molecule has 0 saturated heterocycles. The zero-order valence-electron chi connectivity index (χ0n) is 8.77. The highest BCUT2D eigenvalue weighted by Crippen LogP contribution is 2.38. The van der Waals surface area contributed by atoms with Gasteiger partial charge in [0.15, 0.2) is 6.29 Å². The number of phenolic OH excluding ortho intramolecular Hbond substituents is 1. The maximum absolute atomic E-state index is 13.8. The molecule has 0 aliphatic heterocycles. The summed E-state index contributed by atoms with van der Waals surface area (Å²) in [6.45, 7) is 5.31. The first-order chi connectivity index (χ1) is 6.79. The third-order valence-corrected chi connectivity index (χ3v) is 2.68. The Morgan fingerprint density at radius 1 is 1.47 bits per heavy atom. The van der Waals surface area contributed by atoms with Crippen molar-refractivity contribution in [3.63, 3.8) is 0 Å². The monoisotopic (exact) mass is 274 g/mol. The normalized spacial score (nSPS) is 11.5. The number of phenols is 1. The SMILES string of the molecule is CC(C)(C)c1c(O)c(C=O)cc(Br)c1F. The predicted octanol–water partition coefficient (Wildman–Crippen LogP) is 3.40. The minimum absolute atomic E-state index is 0.0909. The summed E-state index contributed by atoms with van der Waals surface area (Å²) in [5, 5.41) is 9.74. The lowest BCUT2D eigenvalue weighted by Gasteiger charge is -2.22. The van der Waals surface area contributed by atoms with Crippen LogP contribution in [0.5, 0.6) is 5.75 Å². The van der Waals surface area contributed by atoms with Crippen molar-refractivity contribution in [2.75, 3.05) is 0 Å². The highest BCUT2D eigenvalue weighted by atomic mass is 79.9. The van der Waals surface area contributed by atoms with Crippen LogP contribution in [0.4, 0.5) is 4.39 Å². The van der Waals surface area contributed by atoms with Crippen LogP contribution < -0.4 is 0 Å². The van der Waals surface area contributed by atoms with E-state index in [1.165, 1.54) is 6.07 Å². The lowest BCUT2D eigenvalue weighted by molar-refractivity contribution is 0.112. The Morgan fingerprint density at radius 3 is 2.40 bits per heavy atom. The van der Waals surface area contributed by atoms with E-state index in [-0.39, 0.29) is 21.3 Å². The van der Waals surface area contributed by atoms with E-state index >= 15 is 0 Å². The first kappa shape index (κ1) is 12.2. The molecule has 1 rings (SSSR count). The van der Waals surface area contributed by atoms with Crippen LogP contribution in [0, 0.1) is 5.82 Å². The number of carbonyl (C=O) groups excluding carboxylic acids is 1. The average Bonchev–Trinajstić information content (AvgIpc) is 2.09. The lowest BCUT2D eigenvalue weighted by atomic mass is 9.85. The Hall–Kier alpha value is -0.900. The summed E-state index contributed by atoms with van der Waals surface area (Å²) in [7, 11) is 0. The molecule has 15 heavy (non-hydrogen) atoms. The molecule has 1 aromatic rings. The number of benzene rings is 1. The summed E-state index contributed by atoms with van der Waals surface area (Å²) in [6, 6.07) is 1.27. The molecule has 1 aromatic carbocycles. The molecule has 1 N–H and O–H groups in total. The molecule has 0 unspecified atom stereocenters. The molecule has 0 spiro atoms. The van der Waals surface area contributed by atoms with Gasteiger partial charge in [0, 0.05) is 5.56 Å². The van der Waals surface area contributed by atoms with Crippen molar-refractivity contribution in [3.05, 3.63) is 27.5 Å². The fraction of sp³-hybridized carbons (Fsp3) is 0.364. The van der Waals surface area contributed by atoms with Gasteiger partial charge in [-0.05, 0) is 27.4 Å². The molecule has 0 radical (unpaired) electrons. The van der Waals surface area contributed by atoms with Crippen molar-refractivity contribution in [2.24, 2.45) is 0 Å². The molecule has 0 aliphatic rings. The maximum Gasteiger partial charge on any atom is 0.153 e. The summed E-state index contributed by atoms with van der Waals surface area (Å²) in [4.78, 5) is 10.7. The van der Waals surface area contributed by atoms with Gasteiger partial charge in [0.25, 0.3) is 0 Å². The van der Waals surface area contributed by atoms with Gasteiger partial charge in [-0.2, -0.15) is 0 Å². The number of halogens is 2. The van der Waals surface area contributed by atoms with Crippen LogP contribution in [0.3, 0.4) is 0 Å². The van der Waals surface area contributed by atoms with Gasteiger partial charge in [-0.1, -0.05) is 20.8 Å². The number of carbonyl (C=O) groups is 1. The van der Waals surface area contributed by atoms with Crippen LogP contribution in [0.15, 0.2) is 10.5 Å². The molecule has 0 amide bonds. The van der Waals surface area contributed by atoms with Crippen LogP contribution in [-0.2, 0) is 5.41 Å². The highest BCUT2D eigenvalue weighted by Gasteiger charge is 2.26. The summed E-state index contributed by atoms with van der Waals surface area (Å²) in [5.41, 5.74) is -0.317. The van der Waals surface area contributed by atoms with E-state index in [4.69, 9.17) is 0 Å². The van der Waals surface area contributed by atoms with E-state index in [0.717, 1.165) is 0 Å². The van der Waals surface area contributed by atoms with Crippen molar-refractivity contribution in [1.29, 1.82) is 0 Å². The second kappa shape index (κ2) is 3.93. The van der Waals surface area contributed by atoms with E-state index in [1.807, 2.05) is 0 Å². The van der Waals surface area contributed by atoms with Crippen LogP contribution in [0.1, 0.15) is 36.7 Å². The van der Waals surface area contributed by atoms with E-state index in [1.54, 1.807) is 20.8 Å². The largest absolute Gasteiger partial charge is 0.507 e. The van der Waals surface area contributed by atoms with Gasteiger partial charge < -0.3 is 5.11 Å². The smallest absolute Gasteiger partial charge is 0.153 e. The van der Waals surface area contributed by atoms with Crippen LogP contribution in [0.2, 0.25) is 0 Å². The first-order valence-corrected chi connectivity index (χ1v) is 5.25. The molecule has 0 saturated carbocycles. The van der Waals surface area contributed by atoms with Gasteiger partial charge in [0.2, 0.25) is 0 Å². The van der Waals surface area contributed by atoms with Crippen molar-refractivity contribution in [1.82, 2.24) is 0 Å². The van der Waals surface area contributed by atoms with Gasteiger partial charge in [0.1, 0.15) is 11.6 Å². The molecule has 0 aliphatic carbocycles. The Balaban J connectivity index is 3.62. The highest BCUT2D eigenvalue weighted by molar-refractivity contribution is 9.10. The zero-order valence-corrected chi connectivity index (χ0v) is 10.4. The van der Waals surface area contributed by atoms with Crippen molar-refractivity contribution >= 4 is 22.2 Å². The molecule has 2 nitrogen and oxygen atoms in total. The Morgan fingerprint density at radius 2 is 2.00 bits per heavy atom. The molecule has 0 bridgehead atoms. The van der Waals surface area contributed by atoms with Crippen LogP contribution in [0.25, 0.3) is 0 Å². The fourth-order valence-corrected chi connectivity index (χ4v) is 1.86. The summed E-state index contributed by atoms with van der Waals surface area (Å²) in [6.07, 6.45) is 0.509. The Bertz CT molecular complexity index is 408. The van der Waals surface area contributed by atoms with Crippen molar-refractivity contribution in [3.8, 4) is 5.75 Å². The zero-order chi connectivity index (χ0) is 11.8. The third-order valence-electron chi connectivity index (χ3n) is 2.10. The molecule has 0 heterocycles. The second-order valence-electron chi connectivity index (χ2n) is 4.35. The summed E-state index contributed by atoms with van der Waals surface area (Å²) in [5.74, 6) is -0.802. The average molecular weight is 275 g/mol. The molecule has 0 aromatic heterocycles. The lowest BCUT2D eigenvalue weighted by Crippen LogP contribution is -2.15. The third kappa shape index (κ3) is 2.20. The van der Waals surface area contributed by atoms with Crippen LogP contribution >= 0.6 is 15.9 Å². The summed E-state index contributed by atoms with van der Waals surface area (Å²) < 4.78 is 13.9. The van der Waals surface area contributed by atoms with Gasteiger partial charge >= 0.3 is 0 Å². The molecule has 82 valence electrons. The predicted molar refractivity (Wildman–Crippen MR) is 59.9 cm³/mol. The second-order valence-corrected chi connectivity index (χ2v) is 5.21. The Kier molecular flexibility index (Phi) is 3.19. The maximum atomic E-state index is 13.8. The van der Waals surface area contributed by atoms with Gasteiger partial charge in [-0.25, -0.2) is 4.39 Å². The molecular weight excluding hydrogens is 263 g/mol. The number of hydrogen-bond acceptors (Lipinski definition) is 2. The van der Waals surface area contributed by atoms with E-state index in [0.29, 0.717) is 6.29 Å². The molecule has 4 heteroatoms. The van der Waals surface area contributed by atoms with Crippen molar-refractivity contribution in [2.45, 2.75) is 26.2 Å². The van der Waals surface area contributed by atoms with Gasteiger partial charge in [-0.3, -0.25) is 4.79 Å². The topological polar surface area (TPSA) is 37.3 Å². The van der Waals surface area contributed by atoms with Gasteiger partial charge in [0.05, 0.1) is 10.0 Å². The van der Waals surface area contributed by atoms with Gasteiger partial charge in [-0.15, -0.1) is 0 Å². The standard InChI is InChI=1S/C11H12BrFO2/c1-11(2,3)8-9(13)7(12)4-6(5-14)10(8)15/h4-5,15H,1-3H3. The number of hydrogen-bond donors (Lipinski definition) is 1. The van der Waals surface area contributed by atoms with E-state index < -0.39 is 11.2 Å². The Labute approximate surface area is 96.2 Å². The van der Waals surface area contributed by atoms with E-state index in [9.17, 15) is 14.3 Å². The molecular formula is C11H12BrFO2. The molecule has 0 atom stereocenters. The minimum atomic E-state index is -0.560. The van der Waals surface area contributed by atoms with Crippen LogP contribution in [-0.4, -0.2) is 11.4 Å². The quantitative estimate of drug-likeness (QED) is 0.797. The summed E-state index contributed by atoms with van der Waals surface area (Å²) >= 11 is 3.02. The minimum Gasteiger partial charge on any atom is -0.507 e. The number of aromatic hydroxyl groups is 1. The van der Waals surface area contributed by atoms with Crippen molar-refractivity contribution < 1.29 is 14.3 Å². The van der Waals surface area contributed by atoms with E-state index in [2.05, 4.69) is 15.9 Å². The fourth-order valence-electron chi connectivity index (χ4n) is 1.41. The number of rotatable bonds is 1. The molecule has 0 fully saturated rings. The number of aldehydes is 1.